The van der Waals surface area contributed by atoms with Gasteiger partial charge in [0.1, 0.15) is 0 Å². The van der Waals surface area contributed by atoms with Crippen LogP contribution in [0.5, 0.6) is 5.75 Å². The van der Waals surface area contributed by atoms with Crippen molar-refractivity contribution in [2.24, 2.45) is 0 Å². The second kappa shape index (κ2) is 3.98. The van der Waals surface area contributed by atoms with Gasteiger partial charge in [-0.2, -0.15) is 0 Å². The van der Waals surface area contributed by atoms with Gasteiger partial charge >= 0.3 is 88.3 Å². The van der Waals surface area contributed by atoms with E-state index in [4.69, 9.17) is 16.3 Å². The second-order valence-corrected chi connectivity index (χ2v) is 3.65. The molecular formula is C7H5AsClNO3. The summed E-state index contributed by atoms with van der Waals surface area (Å²) in [6.07, 6.45) is 0. The summed E-state index contributed by atoms with van der Waals surface area (Å²) in [5.74, 6) is 0.308. The van der Waals surface area contributed by atoms with Crippen LogP contribution in [0.2, 0.25) is 5.02 Å². The van der Waals surface area contributed by atoms with Crippen molar-refractivity contribution in [3.05, 3.63) is 27.3 Å². The fourth-order valence-corrected chi connectivity index (χ4v) is 1.82. The normalized spacial score (nSPS) is 9.77. The number of nitro groups is 1. The first-order chi connectivity index (χ1) is 6.06. The van der Waals surface area contributed by atoms with Gasteiger partial charge in [-0.25, -0.2) is 0 Å². The minimum atomic E-state index is -0.480. The molecule has 0 unspecified atom stereocenters. The predicted molar refractivity (Wildman–Crippen MR) is 50.0 cm³/mol. The molecule has 0 fully saturated rings. The van der Waals surface area contributed by atoms with Crippen LogP contribution in [0.15, 0.2) is 12.1 Å². The number of nitrogens with zero attached hydrogens (tertiary/aromatic N) is 1. The number of methoxy groups -OCH3 is 1. The molecule has 1 rings (SSSR count). The maximum atomic E-state index is 10.5. The average molecular weight is 261 g/mol. The summed E-state index contributed by atoms with van der Waals surface area (Å²) in [4.78, 5) is 10.0. The first kappa shape index (κ1) is 10.3. The fraction of sp³-hybridized carbons (Fsp3) is 0.143. The topological polar surface area (TPSA) is 52.4 Å². The van der Waals surface area contributed by atoms with E-state index in [0.29, 0.717) is 15.1 Å². The molecule has 1 aromatic rings. The van der Waals surface area contributed by atoms with Crippen molar-refractivity contribution >= 4 is 38.5 Å². The molecule has 13 heavy (non-hydrogen) atoms. The number of hydrogen-bond acceptors (Lipinski definition) is 3. The fourth-order valence-electron chi connectivity index (χ4n) is 0.835. The molecule has 0 spiro atoms. The molecular weight excluding hydrogens is 256 g/mol. The van der Waals surface area contributed by atoms with Gasteiger partial charge in [0.15, 0.2) is 0 Å². The molecule has 0 N–H and O–H groups in total. The van der Waals surface area contributed by atoms with Gasteiger partial charge in [-0.05, 0) is 0 Å². The van der Waals surface area contributed by atoms with E-state index < -0.39 is 4.92 Å². The van der Waals surface area contributed by atoms with Crippen molar-refractivity contribution in [1.29, 1.82) is 0 Å². The van der Waals surface area contributed by atoms with E-state index in [2.05, 4.69) is 16.9 Å². The molecule has 2 radical (unpaired) electrons. The van der Waals surface area contributed by atoms with Crippen LogP contribution in [0.25, 0.3) is 0 Å². The Balaban J connectivity index is 3.30. The van der Waals surface area contributed by atoms with Crippen molar-refractivity contribution in [2.75, 3.05) is 7.11 Å². The zero-order valence-electron chi connectivity index (χ0n) is 6.65. The SMILES string of the molecule is COc1cc([N+](=O)[O-])c([As])cc1Cl. The van der Waals surface area contributed by atoms with Crippen LogP contribution in [0, 0.1) is 10.1 Å². The zero-order chi connectivity index (χ0) is 10.0. The third-order valence-corrected chi connectivity index (χ3v) is 2.49. The molecule has 0 aromatic heterocycles. The summed E-state index contributed by atoms with van der Waals surface area (Å²) in [6, 6.07) is 2.79. The molecule has 1 aromatic carbocycles. The van der Waals surface area contributed by atoms with E-state index in [0.717, 1.165) is 0 Å². The summed E-state index contributed by atoms with van der Waals surface area (Å²) in [5, 5.41) is 10.9. The monoisotopic (exact) mass is 261 g/mol. The molecule has 4 nitrogen and oxygen atoms in total. The van der Waals surface area contributed by atoms with Gasteiger partial charge in [0.05, 0.1) is 0 Å². The number of ether oxygens (including phenoxy) is 1. The summed E-state index contributed by atoms with van der Waals surface area (Å²) in [6.45, 7) is 0. The molecule has 0 saturated carbocycles. The number of halogens is 1. The van der Waals surface area contributed by atoms with Crippen molar-refractivity contribution in [1.82, 2.24) is 0 Å². The molecule has 0 saturated heterocycles. The van der Waals surface area contributed by atoms with Gasteiger partial charge in [-0.1, -0.05) is 0 Å². The molecule has 0 aliphatic rings. The van der Waals surface area contributed by atoms with E-state index in [1.165, 1.54) is 19.2 Å². The third-order valence-electron chi connectivity index (χ3n) is 1.45. The van der Waals surface area contributed by atoms with Crippen LogP contribution in [0.3, 0.4) is 0 Å². The Labute approximate surface area is 88.5 Å². The zero-order valence-corrected chi connectivity index (χ0v) is 9.28. The molecule has 0 aliphatic carbocycles. The minimum absolute atomic E-state index is 0.0127. The Bertz CT molecular complexity index is 356. The van der Waals surface area contributed by atoms with Crippen LogP contribution in [-0.2, 0) is 0 Å². The van der Waals surface area contributed by atoms with Crippen molar-refractivity contribution in [3.63, 3.8) is 0 Å². The Morgan fingerprint density at radius 1 is 1.62 bits per heavy atom. The molecule has 0 bridgehead atoms. The van der Waals surface area contributed by atoms with Crippen LogP contribution in [0.1, 0.15) is 0 Å². The van der Waals surface area contributed by atoms with Crippen LogP contribution in [-0.4, -0.2) is 28.9 Å². The van der Waals surface area contributed by atoms with Crippen LogP contribution >= 0.6 is 11.6 Å². The van der Waals surface area contributed by atoms with E-state index in [1.807, 2.05) is 0 Å². The van der Waals surface area contributed by atoms with Gasteiger partial charge in [0, 0.05) is 0 Å². The van der Waals surface area contributed by atoms with Crippen molar-refractivity contribution in [2.45, 2.75) is 0 Å². The summed E-state index contributed by atoms with van der Waals surface area (Å²) in [7, 11) is 1.41. The number of nitro benzene ring substituents is 1. The van der Waals surface area contributed by atoms with Gasteiger partial charge in [-0.15, -0.1) is 0 Å². The van der Waals surface area contributed by atoms with Gasteiger partial charge in [0.25, 0.3) is 0 Å². The first-order valence-corrected chi connectivity index (χ1v) is 4.58. The Morgan fingerprint density at radius 2 is 2.23 bits per heavy atom. The van der Waals surface area contributed by atoms with Crippen LogP contribution in [0.4, 0.5) is 5.69 Å². The number of rotatable bonds is 2. The van der Waals surface area contributed by atoms with Crippen molar-refractivity contribution < 1.29 is 9.66 Å². The summed E-state index contributed by atoms with van der Waals surface area (Å²) in [5.41, 5.74) is -0.0127. The van der Waals surface area contributed by atoms with E-state index in [-0.39, 0.29) is 5.69 Å². The van der Waals surface area contributed by atoms with Gasteiger partial charge in [0.2, 0.25) is 0 Å². The Kier molecular flexibility index (Phi) is 3.17. The Hall–Kier alpha value is -0.732. The third kappa shape index (κ3) is 2.14. The summed E-state index contributed by atoms with van der Waals surface area (Å²) >= 11 is 7.84. The van der Waals surface area contributed by atoms with Gasteiger partial charge in [-0.3, -0.25) is 0 Å². The molecule has 68 valence electrons. The quantitative estimate of drug-likeness (QED) is 0.454. The molecule has 0 atom stereocenters. The first-order valence-electron chi connectivity index (χ1n) is 3.27. The average Bonchev–Trinajstić information content (AvgIpc) is 2.03. The van der Waals surface area contributed by atoms with E-state index in [9.17, 15) is 10.1 Å². The molecule has 0 aliphatic heterocycles. The number of benzene rings is 1. The van der Waals surface area contributed by atoms with Gasteiger partial charge < -0.3 is 0 Å². The molecule has 6 heteroatoms. The van der Waals surface area contributed by atoms with E-state index in [1.54, 1.807) is 0 Å². The Morgan fingerprint density at radius 3 is 2.69 bits per heavy atom. The molecule has 0 amide bonds. The summed E-state index contributed by atoms with van der Waals surface area (Å²) < 4.78 is 5.31. The molecule has 0 heterocycles. The second-order valence-electron chi connectivity index (χ2n) is 2.23. The maximum absolute atomic E-state index is 10.5. The van der Waals surface area contributed by atoms with Crippen molar-refractivity contribution in [3.8, 4) is 5.75 Å². The standard InChI is InChI=1S/C7H5AsClNO3/c1-13-7-3-6(10(11)12)4(8)2-5(7)9/h2-3H,1H3. The van der Waals surface area contributed by atoms with E-state index >= 15 is 0 Å². The predicted octanol–water partition coefficient (Wildman–Crippen LogP) is 1.05. The van der Waals surface area contributed by atoms with Crippen LogP contribution < -0.4 is 9.09 Å². The number of hydrogen-bond donors (Lipinski definition) is 0.